The third kappa shape index (κ3) is 6.07. The minimum atomic E-state index is 0.590. The molecular formula is C16H33N3. The van der Waals surface area contributed by atoms with Gasteiger partial charge in [-0.3, -0.25) is 4.90 Å². The normalized spacial score (nSPS) is 21.5. The van der Waals surface area contributed by atoms with Crippen LogP contribution in [-0.4, -0.2) is 61.7 Å². The molecule has 1 aliphatic rings. The van der Waals surface area contributed by atoms with E-state index in [1.54, 1.807) is 0 Å². The Kier molecular flexibility index (Phi) is 7.66. The minimum Gasteiger partial charge on any atom is -0.313 e. The monoisotopic (exact) mass is 267 g/mol. The minimum absolute atomic E-state index is 0.590. The molecule has 0 saturated carbocycles. The Morgan fingerprint density at radius 3 is 2.32 bits per heavy atom. The van der Waals surface area contributed by atoms with Crippen molar-refractivity contribution < 1.29 is 0 Å². The second-order valence-electron chi connectivity index (χ2n) is 6.33. The first-order valence-electron chi connectivity index (χ1n) is 7.81. The molecule has 0 aromatic heterocycles. The molecule has 1 N–H and O–H groups in total. The van der Waals surface area contributed by atoms with Gasteiger partial charge in [0.2, 0.25) is 0 Å². The van der Waals surface area contributed by atoms with Crippen molar-refractivity contribution in [3.63, 3.8) is 0 Å². The van der Waals surface area contributed by atoms with Crippen molar-refractivity contribution in [3.8, 4) is 0 Å². The largest absolute Gasteiger partial charge is 0.313 e. The topological polar surface area (TPSA) is 18.5 Å². The van der Waals surface area contributed by atoms with Gasteiger partial charge in [0, 0.05) is 44.8 Å². The summed E-state index contributed by atoms with van der Waals surface area (Å²) in [6, 6.07) is 1.26. The highest BCUT2D eigenvalue weighted by Gasteiger charge is 2.24. The van der Waals surface area contributed by atoms with E-state index in [0.29, 0.717) is 18.0 Å². The summed E-state index contributed by atoms with van der Waals surface area (Å²) in [4.78, 5) is 5.09. The predicted octanol–water partition coefficient (Wildman–Crippen LogP) is 2.20. The standard InChI is InChI=1S/C16H33N3/c1-6-7-8-15(4)17-13-16(14(2)3)19-11-9-18(5)10-12-19/h6,14-17H,1,7-13H2,2-5H3. The Morgan fingerprint density at radius 1 is 1.16 bits per heavy atom. The van der Waals surface area contributed by atoms with E-state index in [-0.39, 0.29) is 0 Å². The molecule has 2 unspecified atom stereocenters. The van der Waals surface area contributed by atoms with E-state index in [0.717, 1.165) is 13.0 Å². The molecule has 0 amide bonds. The van der Waals surface area contributed by atoms with Crippen LogP contribution in [0.5, 0.6) is 0 Å². The lowest BCUT2D eigenvalue weighted by Crippen LogP contribution is -2.54. The van der Waals surface area contributed by atoms with Gasteiger partial charge in [-0.1, -0.05) is 19.9 Å². The first-order chi connectivity index (χ1) is 9.04. The molecule has 0 radical (unpaired) electrons. The Labute approximate surface area is 120 Å². The Hall–Kier alpha value is -0.380. The zero-order valence-corrected chi connectivity index (χ0v) is 13.4. The number of rotatable bonds is 8. The molecule has 0 aromatic carbocycles. The molecule has 1 saturated heterocycles. The van der Waals surface area contributed by atoms with Gasteiger partial charge in [-0.25, -0.2) is 0 Å². The first kappa shape index (κ1) is 16.7. The van der Waals surface area contributed by atoms with Crippen molar-refractivity contribution in [2.45, 2.75) is 45.7 Å². The van der Waals surface area contributed by atoms with E-state index >= 15 is 0 Å². The highest BCUT2D eigenvalue weighted by atomic mass is 15.3. The van der Waals surface area contributed by atoms with Gasteiger partial charge in [-0.15, -0.1) is 6.58 Å². The lowest BCUT2D eigenvalue weighted by Gasteiger charge is -2.40. The van der Waals surface area contributed by atoms with Crippen LogP contribution in [0.4, 0.5) is 0 Å². The highest BCUT2D eigenvalue weighted by Crippen LogP contribution is 2.13. The van der Waals surface area contributed by atoms with E-state index in [4.69, 9.17) is 0 Å². The summed E-state index contributed by atoms with van der Waals surface area (Å²) >= 11 is 0. The summed E-state index contributed by atoms with van der Waals surface area (Å²) < 4.78 is 0. The van der Waals surface area contributed by atoms with Crippen LogP contribution in [0.25, 0.3) is 0 Å². The van der Waals surface area contributed by atoms with E-state index in [2.05, 4.69) is 49.5 Å². The van der Waals surface area contributed by atoms with Crippen LogP contribution < -0.4 is 5.32 Å². The maximum absolute atomic E-state index is 3.80. The van der Waals surface area contributed by atoms with E-state index in [1.165, 1.54) is 32.6 Å². The van der Waals surface area contributed by atoms with Crippen molar-refractivity contribution in [3.05, 3.63) is 12.7 Å². The summed E-state index contributed by atoms with van der Waals surface area (Å²) in [6.07, 6.45) is 4.31. The molecule has 1 rings (SSSR count). The lowest BCUT2D eigenvalue weighted by molar-refractivity contribution is 0.0862. The number of nitrogens with zero attached hydrogens (tertiary/aromatic N) is 2. The van der Waals surface area contributed by atoms with E-state index in [9.17, 15) is 0 Å². The zero-order chi connectivity index (χ0) is 14.3. The smallest absolute Gasteiger partial charge is 0.0244 e. The van der Waals surface area contributed by atoms with Crippen LogP contribution in [0, 0.1) is 5.92 Å². The average molecular weight is 267 g/mol. The number of hydrogen-bond acceptors (Lipinski definition) is 3. The molecule has 1 fully saturated rings. The molecule has 0 aliphatic carbocycles. The maximum atomic E-state index is 3.80. The zero-order valence-electron chi connectivity index (χ0n) is 13.4. The highest BCUT2D eigenvalue weighted by molar-refractivity contribution is 4.82. The molecule has 3 nitrogen and oxygen atoms in total. The van der Waals surface area contributed by atoms with Crippen LogP contribution in [0.1, 0.15) is 33.6 Å². The van der Waals surface area contributed by atoms with Crippen molar-refractivity contribution >= 4 is 0 Å². The predicted molar refractivity (Wildman–Crippen MR) is 84.6 cm³/mol. The summed E-state index contributed by atoms with van der Waals surface area (Å²) in [7, 11) is 2.22. The van der Waals surface area contributed by atoms with Gasteiger partial charge in [-0.05, 0) is 32.7 Å². The number of piperazine rings is 1. The van der Waals surface area contributed by atoms with Crippen LogP contribution in [0.15, 0.2) is 12.7 Å². The van der Waals surface area contributed by atoms with Crippen molar-refractivity contribution in [1.29, 1.82) is 0 Å². The van der Waals surface area contributed by atoms with Crippen LogP contribution in [0.3, 0.4) is 0 Å². The molecule has 0 spiro atoms. The van der Waals surface area contributed by atoms with Gasteiger partial charge in [0.15, 0.2) is 0 Å². The first-order valence-corrected chi connectivity index (χ1v) is 7.81. The number of likely N-dealkylation sites (N-methyl/N-ethyl adjacent to an activating group) is 1. The van der Waals surface area contributed by atoms with Gasteiger partial charge in [0.25, 0.3) is 0 Å². The van der Waals surface area contributed by atoms with Crippen molar-refractivity contribution in [2.24, 2.45) is 5.92 Å². The molecule has 0 aromatic rings. The number of nitrogens with one attached hydrogen (secondary N) is 1. The molecule has 3 heteroatoms. The van der Waals surface area contributed by atoms with Crippen LogP contribution >= 0.6 is 0 Å². The van der Waals surface area contributed by atoms with Crippen molar-refractivity contribution in [2.75, 3.05) is 39.8 Å². The molecule has 112 valence electrons. The molecule has 1 aliphatic heterocycles. The number of allylic oxidation sites excluding steroid dienone is 1. The Bertz CT molecular complexity index is 244. The molecular weight excluding hydrogens is 234 g/mol. The molecule has 0 bridgehead atoms. The fourth-order valence-corrected chi connectivity index (χ4v) is 2.73. The summed E-state index contributed by atoms with van der Waals surface area (Å²) in [6.45, 7) is 16.7. The van der Waals surface area contributed by atoms with Crippen molar-refractivity contribution in [1.82, 2.24) is 15.1 Å². The summed E-state index contributed by atoms with van der Waals surface area (Å²) in [5.41, 5.74) is 0. The summed E-state index contributed by atoms with van der Waals surface area (Å²) in [5, 5.41) is 3.70. The van der Waals surface area contributed by atoms with Gasteiger partial charge < -0.3 is 10.2 Å². The van der Waals surface area contributed by atoms with E-state index < -0.39 is 0 Å². The fraction of sp³-hybridized carbons (Fsp3) is 0.875. The van der Waals surface area contributed by atoms with Gasteiger partial charge in [0.1, 0.15) is 0 Å². The molecule has 1 heterocycles. The van der Waals surface area contributed by atoms with Gasteiger partial charge >= 0.3 is 0 Å². The third-order valence-corrected chi connectivity index (χ3v) is 4.26. The maximum Gasteiger partial charge on any atom is 0.0244 e. The second kappa shape index (κ2) is 8.72. The third-order valence-electron chi connectivity index (χ3n) is 4.26. The SMILES string of the molecule is C=CCCC(C)NCC(C(C)C)N1CCN(C)CC1. The van der Waals surface area contributed by atoms with E-state index in [1.807, 2.05) is 6.08 Å². The summed E-state index contributed by atoms with van der Waals surface area (Å²) in [5.74, 6) is 0.711. The quantitative estimate of drug-likeness (QED) is 0.680. The molecule has 2 atom stereocenters. The van der Waals surface area contributed by atoms with Crippen LogP contribution in [-0.2, 0) is 0 Å². The fourth-order valence-electron chi connectivity index (χ4n) is 2.73. The molecule has 19 heavy (non-hydrogen) atoms. The van der Waals surface area contributed by atoms with Crippen LogP contribution in [0.2, 0.25) is 0 Å². The second-order valence-corrected chi connectivity index (χ2v) is 6.33. The van der Waals surface area contributed by atoms with Gasteiger partial charge in [-0.2, -0.15) is 0 Å². The Morgan fingerprint density at radius 2 is 1.79 bits per heavy atom. The lowest BCUT2D eigenvalue weighted by atomic mass is 10.0. The van der Waals surface area contributed by atoms with Gasteiger partial charge in [0.05, 0.1) is 0 Å². The average Bonchev–Trinajstić information content (AvgIpc) is 2.38. The number of hydrogen-bond donors (Lipinski definition) is 1. The Balaban J connectivity index is 2.38.